The van der Waals surface area contributed by atoms with Crippen LogP contribution in [0.4, 0.5) is 0 Å². The van der Waals surface area contributed by atoms with E-state index in [4.69, 9.17) is 0 Å². The number of rotatable bonds is 6. The molecule has 1 saturated carbocycles. The predicted octanol–water partition coefficient (Wildman–Crippen LogP) is 0.839. The van der Waals surface area contributed by atoms with Crippen molar-refractivity contribution in [2.45, 2.75) is 49.8 Å². The van der Waals surface area contributed by atoms with Gasteiger partial charge in [-0.2, -0.15) is 0 Å². The van der Waals surface area contributed by atoms with Crippen LogP contribution in [-0.4, -0.2) is 37.3 Å². The second kappa shape index (κ2) is 7.30. The minimum atomic E-state index is -0.188. The highest BCUT2D eigenvalue weighted by molar-refractivity contribution is 7.99. The quantitative estimate of drug-likeness (QED) is 0.738. The molecule has 27 heavy (non-hydrogen) atoms. The fourth-order valence-electron chi connectivity index (χ4n) is 3.18. The summed E-state index contributed by atoms with van der Waals surface area (Å²) in [5.74, 6) is 0.962. The lowest BCUT2D eigenvalue weighted by atomic mass is 10.2. The van der Waals surface area contributed by atoms with Crippen molar-refractivity contribution in [2.24, 2.45) is 0 Å². The lowest BCUT2D eigenvalue weighted by molar-refractivity contribution is -0.121. The lowest BCUT2D eigenvalue weighted by Gasteiger charge is -2.14. The molecule has 0 radical (unpaired) electrons. The summed E-state index contributed by atoms with van der Waals surface area (Å²) >= 11 is 1.49. The summed E-state index contributed by atoms with van der Waals surface area (Å²) < 4.78 is 3.12. The van der Waals surface area contributed by atoms with E-state index in [1.807, 2.05) is 0 Å². The van der Waals surface area contributed by atoms with E-state index in [0.29, 0.717) is 35.5 Å². The fourth-order valence-corrected chi connectivity index (χ4v) is 4.29. The first-order valence-corrected chi connectivity index (χ1v) is 10.1. The van der Waals surface area contributed by atoms with Crippen LogP contribution in [0, 0.1) is 6.92 Å². The van der Waals surface area contributed by atoms with E-state index in [0.717, 1.165) is 18.5 Å². The van der Waals surface area contributed by atoms with Gasteiger partial charge in [0.1, 0.15) is 0 Å². The number of hydrogen-bond acceptors (Lipinski definition) is 6. The van der Waals surface area contributed by atoms with Crippen molar-refractivity contribution in [2.75, 3.05) is 12.3 Å². The van der Waals surface area contributed by atoms with Gasteiger partial charge in [-0.25, -0.2) is 9.97 Å². The smallest absolute Gasteiger partial charge is 0.257 e. The Morgan fingerprint density at radius 2 is 2.15 bits per heavy atom. The Bertz CT molecular complexity index is 995. The molecule has 8 nitrogen and oxygen atoms in total. The molecule has 0 aromatic carbocycles. The molecule has 1 fully saturated rings. The van der Waals surface area contributed by atoms with Crippen LogP contribution in [0.15, 0.2) is 33.3 Å². The second-order valence-corrected chi connectivity index (χ2v) is 8.02. The van der Waals surface area contributed by atoms with Gasteiger partial charge in [0.15, 0.2) is 5.16 Å². The molecule has 2 aromatic heterocycles. The van der Waals surface area contributed by atoms with Gasteiger partial charge in [0.2, 0.25) is 5.91 Å². The van der Waals surface area contributed by atoms with Crippen molar-refractivity contribution in [1.29, 1.82) is 0 Å². The first-order valence-electron chi connectivity index (χ1n) is 9.07. The summed E-state index contributed by atoms with van der Waals surface area (Å²) in [6.07, 6.45) is 5.56. The van der Waals surface area contributed by atoms with Crippen molar-refractivity contribution >= 4 is 17.7 Å². The molecule has 4 rings (SSSR count). The van der Waals surface area contributed by atoms with E-state index in [1.165, 1.54) is 16.3 Å². The maximum atomic E-state index is 12.3. The highest BCUT2D eigenvalue weighted by Crippen LogP contribution is 2.38. The number of hydrogen-bond donors (Lipinski definition) is 1. The van der Waals surface area contributed by atoms with Crippen molar-refractivity contribution < 1.29 is 4.79 Å². The Balaban J connectivity index is 1.32. The van der Waals surface area contributed by atoms with E-state index in [9.17, 15) is 14.4 Å². The van der Waals surface area contributed by atoms with Crippen LogP contribution >= 0.6 is 11.8 Å². The van der Waals surface area contributed by atoms with E-state index in [-0.39, 0.29) is 29.5 Å². The van der Waals surface area contributed by atoms with E-state index in [2.05, 4.69) is 15.3 Å². The number of thioether (sulfide) groups is 1. The number of amides is 1. The van der Waals surface area contributed by atoms with Gasteiger partial charge in [0.25, 0.3) is 11.1 Å². The van der Waals surface area contributed by atoms with Crippen molar-refractivity contribution in [3.8, 4) is 0 Å². The number of fused-ring (bicyclic) bond motifs is 1. The Morgan fingerprint density at radius 1 is 1.33 bits per heavy atom. The molecule has 1 atom stereocenters. The number of aryl methyl sites for hydroxylation is 1. The molecule has 0 bridgehead atoms. The predicted molar refractivity (Wildman–Crippen MR) is 101 cm³/mol. The zero-order valence-electron chi connectivity index (χ0n) is 15.1. The molecule has 0 spiro atoms. The third-order valence-corrected chi connectivity index (χ3v) is 6.00. The maximum absolute atomic E-state index is 12.3. The topological polar surface area (TPSA) is 98.9 Å². The van der Waals surface area contributed by atoms with Crippen molar-refractivity contribution in [3.63, 3.8) is 0 Å². The van der Waals surface area contributed by atoms with Crippen LogP contribution in [0.3, 0.4) is 0 Å². The van der Waals surface area contributed by atoms with Crippen LogP contribution < -0.4 is 16.4 Å². The molecule has 2 aliphatic rings. The van der Waals surface area contributed by atoms with Crippen molar-refractivity contribution in [3.05, 3.63) is 50.6 Å². The minimum Gasteiger partial charge on any atom is -0.354 e. The SMILES string of the molecule is Cc1cnc2n(c1=O)C(CC(=O)NCCn1cnc(C3CC3)cc1=O)CS2. The monoisotopic (exact) mass is 387 g/mol. The summed E-state index contributed by atoms with van der Waals surface area (Å²) in [7, 11) is 0. The van der Waals surface area contributed by atoms with Gasteiger partial charge >= 0.3 is 0 Å². The fraction of sp³-hybridized carbons (Fsp3) is 0.500. The van der Waals surface area contributed by atoms with Crippen LogP contribution in [-0.2, 0) is 11.3 Å². The Labute approximate surface area is 160 Å². The zero-order chi connectivity index (χ0) is 19.0. The van der Waals surface area contributed by atoms with Gasteiger partial charge in [-0.15, -0.1) is 0 Å². The van der Waals surface area contributed by atoms with Crippen LogP contribution in [0.25, 0.3) is 0 Å². The third kappa shape index (κ3) is 3.83. The average Bonchev–Trinajstić information content (AvgIpc) is 3.41. The van der Waals surface area contributed by atoms with Gasteiger partial charge in [-0.1, -0.05) is 11.8 Å². The number of carbonyl (C=O) groups excluding carboxylic acids is 1. The second-order valence-electron chi connectivity index (χ2n) is 7.04. The lowest BCUT2D eigenvalue weighted by Crippen LogP contribution is -2.34. The number of carbonyl (C=O) groups is 1. The molecule has 142 valence electrons. The number of aromatic nitrogens is 4. The largest absolute Gasteiger partial charge is 0.354 e. The summed E-state index contributed by atoms with van der Waals surface area (Å²) in [5, 5.41) is 3.49. The van der Waals surface area contributed by atoms with Gasteiger partial charge < -0.3 is 5.32 Å². The van der Waals surface area contributed by atoms with Gasteiger partial charge in [0.05, 0.1) is 18.1 Å². The average molecular weight is 387 g/mol. The highest BCUT2D eigenvalue weighted by atomic mass is 32.2. The van der Waals surface area contributed by atoms with E-state index in [1.54, 1.807) is 30.1 Å². The Kier molecular flexibility index (Phi) is 4.86. The molecule has 9 heteroatoms. The minimum absolute atomic E-state index is 0.0869. The summed E-state index contributed by atoms with van der Waals surface area (Å²) in [5.41, 5.74) is 1.27. The summed E-state index contributed by atoms with van der Waals surface area (Å²) in [6, 6.07) is 1.40. The molecular formula is C18H21N5O3S. The number of nitrogens with zero attached hydrogens (tertiary/aromatic N) is 4. The van der Waals surface area contributed by atoms with E-state index >= 15 is 0 Å². The standard InChI is InChI=1S/C18H21N5O3S/c1-11-8-20-18-23(17(11)26)13(9-27-18)6-15(24)19-4-5-22-10-21-14(7-16(22)25)12-2-3-12/h7-8,10,12-13H,2-6,9H2,1H3,(H,19,24). The van der Waals surface area contributed by atoms with E-state index < -0.39 is 0 Å². The first-order chi connectivity index (χ1) is 13.0. The van der Waals surface area contributed by atoms with Crippen LogP contribution in [0.5, 0.6) is 0 Å². The van der Waals surface area contributed by atoms with Gasteiger partial charge in [-0.3, -0.25) is 23.5 Å². The molecular weight excluding hydrogens is 366 g/mol. The van der Waals surface area contributed by atoms with Crippen LogP contribution in [0.2, 0.25) is 0 Å². The summed E-state index contributed by atoms with van der Waals surface area (Å²) in [4.78, 5) is 45.3. The molecule has 1 N–H and O–H groups in total. The molecule has 3 heterocycles. The van der Waals surface area contributed by atoms with Crippen LogP contribution in [0.1, 0.15) is 42.5 Å². The Hall–Kier alpha value is -2.42. The number of nitrogens with one attached hydrogen (secondary N) is 1. The maximum Gasteiger partial charge on any atom is 0.257 e. The first kappa shape index (κ1) is 18.0. The van der Waals surface area contributed by atoms with Gasteiger partial charge in [0, 0.05) is 49.0 Å². The third-order valence-electron chi connectivity index (χ3n) is 4.89. The molecule has 1 aliphatic heterocycles. The van der Waals surface area contributed by atoms with Gasteiger partial charge in [-0.05, 0) is 19.8 Å². The molecule has 0 saturated heterocycles. The highest BCUT2D eigenvalue weighted by Gasteiger charge is 2.27. The zero-order valence-corrected chi connectivity index (χ0v) is 15.9. The summed E-state index contributed by atoms with van der Waals surface area (Å²) in [6.45, 7) is 2.44. The molecule has 2 aromatic rings. The molecule has 1 aliphatic carbocycles. The Morgan fingerprint density at radius 3 is 2.89 bits per heavy atom. The normalized spacial score (nSPS) is 18.3. The molecule has 1 unspecified atom stereocenters. The van der Waals surface area contributed by atoms with Crippen molar-refractivity contribution in [1.82, 2.24) is 24.4 Å². The molecule has 1 amide bonds.